The van der Waals surface area contributed by atoms with Crippen molar-refractivity contribution in [2.45, 2.75) is 38.8 Å². The van der Waals surface area contributed by atoms with Crippen LogP contribution in [0.3, 0.4) is 0 Å². The topological polar surface area (TPSA) is 41.3 Å². The zero-order valence-corrected chi connectivity index (χ0v) is 12.2. The van der Waals surface area contributed by atoms with Crippen molar-refractivity contribution in [2.75, 3.05) is 14.1 Å². The first-order chi connectivity index (χ1) is 8.79. The first-order valence-corrected chi connectivity index (χ1v) is 6.37. The van der Waals surface area contributed by atoms with Crippen LogP contribution in [0.5, 0.6) is 0 Å². The zero-order chi connectivity index (χ0) is 14.8. The van der Waals surface area contributed by atoms with Crippen molar-refractivity contribution < 1.29 is 8.78 Å². The number of hydrogen-bond donors (Lipinski definition) is 2. The highest BCUT2D eigenvalue weighted by Gasteiger charge is 2.38. The summed E-state index contributed by atoms with van der Waals surface area (Å²) in [6.07, 6.45) is 0.696. The van der Waals surface area contributed by atoms with Gasteiger partial charge < -0.3 is 4.90 Å². The molecule has 0 aliphatic heterocycles. The maximum atomic E-state index is 14.3. The predicted octanol–water partition coefficient (Wildman–Crippen LogP) is 2.51. The van der Waals surface area contributed by atoms with E-state index in [4.69, 9.17) is 5.84 Å². The summed E-state index contributed by atoms with van der Waals surface area (Å²) in [6.45, 7) is 5.51. The zero-order valence-electron chi connectivity index (χ0n) is 12.2. The quantitative estimate of drug-likeness (QED) is 0.638. The molecule has 0 heterocycles. The highest BCUT2D eigenvalue weighted by atomic mass is 19.1. The number of hydrogen-bond acceptors (Lipinski definition) is 3. The summed E-state index contributed by atoms with van der Waals surface area (Å²) in [4.78, 5) is 1.93. The number of benzene rings is 1. The lowest BCUT2D eigenvalue weighted by atomic mass is 9.83. The van der Waals surface area contributed by atoms with Gasteiger partial charge in [0.1, 0.15) is 11.6 Å². The second-order valence-corrected chi connectivity index (χ2v) is 5.30. The van der Waals surface area contributed by atoms with Gasteiger partial charge in [-0.05, 0) is 46.0 Å². The molecule has 0 amide bonds. The fourth-order valence-corrected chi connectivity index (χ4v) is 2.30. The molecular formula is C14H23F2N3. The Bertz CT molecular complexity index is 449. The Hall–Kier alpha value is -1.04. The standard InChI is InChI=1S/C14H23F2N3/c1-6-14(3,19(4)5)13(18-17)11-10(15)8-7-9(2)12(11)16/h7-8,13,18H,6,17H2,1-5H3. The van der Waals surface area contributed by atoms with Gasteiger partial charge in [0, 0.05) is 11.1 Å². The number of aryl methyl sites for hydroxylation is 1. The number of hydrazine groups is 1. The summed E-state index contributed by atoms with van der Waals surface area (Å²) in [5.74, 6) is 4.47. The van der Waals surface area contributed by atoms with Crippen molar-refractivity contribution in [1.29, 1.82) is 0 Å². The van der Waals surface area contributed by atoms with Crippen molar-refractivity contribution in [2.24, 2.45) is 5.84 Å². The Morgan fingerprint density at radius 2 is 1.95 bits per heavy atom. The van der Waals surface area contributed by atoms with Crippen molar-refractivity contribution in [1.82, 2.24) is 10.3 Å². The molecule has 0 saturated heterocycles. The third-order valence-corrected chi connectivity index (χ3v) is 4.13. The van der Waals surface area contributed by atoms with Crippen molar-refractivity contribution in [3.8, 4) is 0 Å². The SMILES string of the molecule is CCC(C)(C(NN)c1c(F)ccc(C)c1F)N(C)C. The monoisotopic (exact) mass is 271 g/mol. The minimum absolute atomic E-state index is 0.000509. The summed E-state index contributed by atoms with van der Waals surface area (Å²) in [7, 11) is 3.75. The van der Waals surface area contributed by atoms with Crippen molar-refractivity contribution >= 4 is 0 Å². The summed E-state index contributed by atoms with van der Waals surface area (Å²) in [5, 5.41) is 0. The van der Waals surface area contributed by atoms with Crippen molar-refractivity contribution in [3.05, 3.63) is 34.9 Å². The summed E-state index contributed by atoms with van der Waals surface area (Å²) in [6, 6.07) is 2.08. The lowest BCUT2D eigenvalue weighted by molar-refractivity contribution is 0.109. The van der Waals surface area contributed by atoms with Gasteiger partial charge in [0.25, 0.3) is 0 Å². The van der Waals surface area contributed by atoms with E-state index in [1.165, 1.54) is 12.1 Å². The molecule has 0 bridgehead atoms. The van der Waals surface area contributed by atoms with Crippen LogP contribution in [0.2, 0.25) is 0 Å². The first-order valence-electron chi connectivity index (χ1n) is 6.37. The Kier molecular flexibility index (Phi) is 5.01. The molecule has 0 aliphatic rings. The van der Waals surface area contributed by atoms with Crippen LogP contribution in [0.1, 0.15) is 37.4 Å². The van der Waals surface area contributed by atoms with Crippen LogP contribution in [-0.4, -0.2) is 24.5 Å². The van der Waals surface area contributed by atoms with E-state index in [9.17, 15) is 8.78 Å². The fraction of sp³-hybridized carbons (Fsp3) is 0.571. The van der Waals surface area contributed by atoms with Crippen LogP contribution < -0.4 is 11.3 Å². The van der Waals surface area contributed by atoms with Gasteiger partial charge in [-0.1, -0.05) is 13.0 Å². The van der Waals surface area contributed by atoms with Crippen LogP contribution in [0.4, 0.5) is 8.78 Å². The molecule has 2 atom stereocenters. The fourth-order valence-electron chi connectivity index (χ4n) is 2.30. The van der Waals surface area contributed by atoms with Gasteiger partial charge in [0.2, 0.25) is 0 Å². The second kappa shape index (κ2) is 5.94. The Morgan fingerprint density at radius 1 is 1.37 bits per heavy atom. The van der Waals surface area contributed by atoms with E-state index >= 15 is 0 Å². The van der Waals surface area contributed by atoms with Crippen LogP contribution in [0, 0.1) is 18.6 Å². The van der Waals surface area contributed by atoms with Gasteiger partial charge in [-0.25, -0.2) is 8.78 Å². The third kappa shape index (κ3) is 2.78. The van der Waals surface area contributed by atoms with Gasteiger partial charge >= 0.3 is 0 Å². The maximum absolute atomic E-state index is 14.3. The Balaban J connectivity index is 3.43. The lowest BCUT2D eigenvalue weighted by Gasteiger charge is -2.42. The molecule has 0 fully saturated rings. The van der Waals surface area contributed by atoms with Gasteiger partial charge in [0.05, 0.1) is 6.04 Å². The summed E-state index contributed by atoms with van der Waals surface area (Å²) < 4.78 is 28.3. The summed E-state index contributed by atoms with van der Waals surface area (Å²) >= 11 is 0. The molecule has 1 aromatic rings. The van der Waals surface area contributed by atoms with E-state index < -0.39 is 23.2 Å². The number of rotatable bonds is 5. The first kappa shape index (κ1) is 16.0. The van der Waals surface area contributed by atoms with Crippen LogP contribution >= 0.6 is 0 Å². The molecule has 2 unspecified atom stereocenters. The number of nitrogens with zero attached hydrogens (tertiary/aromatic N) is 1. The molecule has 0 aromatic heterocycles. The van der Waals surface area contributed by atoms with Crippen LogP contribution in [-0.2, 0) is 0 Å². The molecule has 3 N–H and O–H groups in total. The maximum Gasteiger partial charge on any atom is 0.133 e. The van der Waals surface area contributed by atoms with E-state index in [1.54, 1.807) is 6.92 Å². The Labute approximate surface area is 113 Å². The van der Waals surface area contributed by atoms with Gasteiger partial charge in [-0.2, -0.15) is 0 Å². The average Bonchev–Trinajstić information content (AvgIpc) is 2.38. The largest absolute Gasteiger partial charge is 0.302 e. The Morgan fingerprint density at radius 3 is 2.37 bits per heavy atom. The number of halogens is 2. The molecule has 1 rings (SSSR count). The smallest absolute Gasteiger partial charge is 0.133 e. The van der Waals surface area contributed by atoms with Gasteiger partial charge in [0.15, 0.2) is 0 Å². The lowest BCUT2D eigenvalue weighted by Crippen LogP contribution is -2.53. The van der Waals surface area contributed by atoms with E-state index in [2.05, 4.69) is 5.43 Å². The summed E-state index contributed by atoms with van der Waals surface area (Å²) in [5.41, 5.74) is 2.49. The van der Waals surface area contributed by atoms with E-state index in [0.717, 1.165) is 0 Å². The van der Waals surface area contributed by atoms with E-state index in [-0.39, 0.29) is 5.56 Å². The average molecular weight is 271 g/mol. The van der Waals surface area contributed by atoms with E-state index in [1.807, 2.05) is 32.8 Å². The second-order valence-electron chi connectivity index (χ2n) is 5.30. The third-order valence-electron chi connectivity index (χ3n) is 4.13. The molecular weight excluding hydrogens is 248 g/mol. The van der Waals surface area contributed by atoms with Crippen molar-refractivity contribution in [3.63, 3.8) is 0 Å². The van der Waals surface area contributed by atoms with E-state index in [0.29, 0.717) is 12.0 Å². The molecule has 0 radical (unpaired) electrons. The highest BCUT2D eigenvalue weighted by Crippen LogP contribution is 2.35. The van der Waals surface area contributed by atoms with Crippen LogP contribution in [0.25, 0.3) is 0 Å². The van der Waals surface area contributed by atoms with Gasteiger partial charge in [-0.15, -0.1) is 0 Å². The molecule has 1 aromatic carbocycles. The molecule has 0 aliphatic carbocycles. The molecule has 19 heavy (non-hydrogen) atoms. The van der Waals surface area contributed by atoms with Crippen LogP contribution in [0.15, 0.2) is 12.1 Å². The molecule has 3 nitrogen and oxygen atoms in total. The predicted molar refractivity (Wildman–Crippen MR) is 73.5 cm³/mol. The number of nitrogens with one attached hydrogen (secondary N) is 1. The normalized spacial score (nSPS) is 16.5. The number of nitrogens with two attached hydrogens (primary N) is 1. The minimum Gasteiger partial charge on any atom is -0.302 e. The molecule has 5 heteroatoms. The molecule has 108 valence electrons. The molecule has 0 spiro atoms. The highest BCUT2D eigenvalue weighted by molar-refractivity contribution is 5.31. The molecule has 0 saturated carbocycles. The van der Waals surface area contributed by atoms with Gasteiger partial charge in [-0.3, -0.25) is 11.3 Å². The minimum atomic E-state index is -0.632. The number of likely N-dealkylation sites (N-methyl/N-ethyl adjacent to an activating group) is 1.